The average Bonchev–Trinajstić information content (AvgIpc) is 3.30. The number of aromatic amines is 1. The van der Waals surface area contributed by atoms with Gasteiger partial charge < -0.3 is 9.64 Å². The number of hydrogen-bond donors (Lipinski definition) is 1. The Morgan fingerprint density at radius 3 is 2.63 bits per heavy atom. The third kappa shape index (κ3) is 2.35. The third-order valence-electron chi connectivity index (χ3n) is 6.60. The molecular weight excluding hydrogens is 374 g/mol. The zero-order valence-electron chi connectivity index (χ0n) is 16.7. The van der Waals surface area contributed by atoms with Gasteiger partial charge in [0.15, 0.2) is 0 Å². The van der Waals surface area contributed by atoms with E-state index in [0.717, 1.165) is 40.8 Å². The summed E-state index contributed by atoms with van der Waals surface area (Å²) < 4.78 is 5.25. The molecule has 0 radical (unpaired) electrons. The van der Waals surface area contributed by atoms with Crippen molar-refractivity contribution in [3.05, 3.63) is 89.2 Å². The molecule has 148 valence electrons. The number of H-pyrrole nitrogens is 1. The van der Waals surface area contributed by atoms with Crippen LogP contribution in [-0.4, -0.2) is 23.2 Å². The standard InChI is InChI=1S/C25H21N3O2/c1-30-18-7-5-16(6-8-18)15-28-22-10-9-21(25(11-12-25)17-13-26-27-14-17)19-3-2-4-20(23(19)22)24(28)29/h2-10,13-14H,11-12,15H2,1H3,(H,26,27). The molecule has 5 nitrogen and oxygen atoms in total. The molecule has 6 rings (SSSR count). The molecule has 2 aliphatic rings. The van der Waals surface area contributed by atoms with Gasteiger partial charge in [-0.05, 0) is 53.6 Å². The summed E-state index contributed by atoms with van der Waals surface area (Å²) in [4.78, 5) is 15.2. The number of carbonyl (C=O) groups excluding carboxylic acids is 1. The van der Waals surface area contributed by atoms with E-state index in [4.69, 9.17) is 4.74 Å². The predicted octanol–water partition coefficient (Wildman–Crippen LogP) is 4.81. The number of ether oxygens (including phenoxy) is 1. The van der Waals surface area contributed by atoms with Crippen LogP contribution in [0.25, 0.3) is 10.8 Å². The highest BCUT2D eigenvalue weighted by Gasteiger charge is 2.48. The molecule has 1 aliphatic heterocycles. The van der Waals surface area contributed by atoms with E-state index in [0.29, 0.717) is 6.54 Å². The molecule has 1 saturated carbocycles. The van der Waals surface area contributed by atoms with Gasteiger partial charge >= 0.3 is 0 Å². The van der Waals surface area contributed by atoms with Crippen molar-refractivity contribution in [3.8, 4) is 5.75 Å². The van der Waals surface area contributed by atoms with Gasteiger partial charge in [0.05, 0.1) is 25.5 Å². The Hall–Kier alpha value is -3.60. The lowest BCUT2D eigenvalue weighted by Crippen LogP contribution is -2.26. The van der Waals surface area contributed by atoms with Gasteiger partial charge in [0.2, 0.25) is 0 Å². The largest absolute Gasteiger partial charge is 0.497 e. The minimum Gasteiger partial charge on any atom is -0.497 e. The van der Waals surface area contributed by atoms with Crippen molar-refractivity contribution in [2.24, 2.45) is 0 Å². The highest BCUT2D eigenvalue weighted by Crippen LogP contribution is 2.56. The molecule has 0 spiro atoms. The normalized spacial score (nSPS) is 16.3. The van der Waals surface area contributed by atoms with Gasteiger partial charge in [0.1, 0.15) is 5.75 Å². The van der Waals surface area contributed by atoms with Crippen molar-refractivity contribution in [2.45, 2.75) is 24.8 Å². The number of benzene rings is 3. The minimum atomic E-state index is 0.0105. The van der Waals surface area contributed by atoms with Crippen LogP contribution in [0.5, 0.6) is 5.75 Å². The first-order valence-corrected chi connectivity index (χ1v) is 10.2. The molecule has 1 aliphatic carbocycles. The summed E-state index contributed by atoms with van der Waals surface area (Å²) in [6.07, 6.45) is 6.14. The summed E-state index contributed by atoms with van der Waals surface area (Å²) >= 11 is 0. The minimum absolute atomic E-state index is 0.0105. The number of anilines is 1. The number of rotatable bonds is 5. The molecule has 0 bridgehead atoms. The van der Waals surface area contributed by atoms with Crippen molar-refractivity contribution in [2.75, 3.05) is 12.0 Å². The number of nitrogens with one attached hydrogen (secondary N) is 1. The average molecular weight is 395 g/mol. The van der Waals surface area contributed by atoms with E-state index >= 15 is 0 Å². The number of hydrogen-bond acceptors (Lipinski definition) is 3. The molecule has 1 amide bonds. The quantitative estimate of drug-likeness (QED) is 0.527. The van der Waals surface area contributed by atoms with Gasteiger partial charge in [-0.15, -0.1) is 0 Å². The van der Waals surface area contributed by atoms with Gasteiger partial charge in [0.25, 0.3) is 5.91 Å². The Bertz CT molecular complexity index is 1270. The Morgan fingerprint density at radius 1 is 1.10 bits per heavy atom. The maximum Gasteiger partial charge on any atom is 0.259 e. The van der Waals surface area contributed by atoms with Crippen molar-refractivity contribution < 1.29 is 9.53 Å². The van der Waals surface area contributed by atoms with E-state index in [2.05, 4.69) is 28.4 Å². The molecule has 5 heteroatoms. The molecule has 1 aromatic heterocycles. The summed E-state index contributed by atoms with van der Waals surface area (Å²) in [5, 5.41) is 9.37. The number of carbonyl (C=O) groups is 1. The molecule has 0 atom stereocenters. The van der Waals surface area contributed by atoms with Crippen LogP contribution in [0.3, 0.4) is 0 Å². The van der Waals surface area contributed by atoms with Crippen LogP contribution in [0, 0.1) is 0 Å². The summed E-state index contributed by atoms with van der Waals surface area (Å²) in [5.41, 5.74) is 5.39. The SMILES string of the molecule is COc1ccc(CN2C(=O)c3cccc4c(C5(c6cn[nH]c6)CC5)ccc2c34)cc1. The van der Waals surface area contributed by atoms with Crippen LogP contribution in [-0.2, 0) is 12.0 Å². The topological polar surface area (TPSA) is 58.2 Å². The Labute approximate surface area is 174 Å². The first-order chi connectivity index (χ1) is 14.7. The Balaban J connectivity index is 1.46. The molecule has 1 N–H and O–H groups in total. The molecule has 0 saturated heterocycles. The number of aromatic nitrogens is 2. The maximum atomic E-state index is 13.3. The highest BCUT2D eigenvalue weighted by molar-refractivity contribution is 6.25. The maximum absolute atomic E-state index is 13.3. The lowest BCUT2D eigenvalue weighted by molar-refractivity contribution is 0.0991. The molecule has 1 fully saturated rings. The first-order valence-electron chi connectivity index (χ1n) is 10.2. The van der Waals surface area contributed by atoms with Crippen LogP contribution in [0.2, 0.25) is 0 Å². The van der Waals surface area contributed by atoms with Gasteiger partial charge in [0, 0.05) is 28.1 Å². The first kappa shape index (κ1) is 17.3. The summed E-state index contributed by atoms with van der Waals surface area (Å²) in [6, 6.07) is 18.3. The van der Waals surface area contributed by atoms with E-state index < -0.39 is 0 Å². The van der Waals surface area contributed by atoms with E-state index in [-0.39, 0.29) is 11.3 Å². The highest BCUT2D eigenvalue weighted by atomic mass is 16.5. The second-order valence-corrected chi connectivity index (χ2v) is 8.17. The van der Waals surface area contributed by atoms with Crippen molar-refractivity contribution >= 4 is 22.4 Å². The summed E-state index contributed by atoms with van der Waals surface area (Å²) in [6.45, 7) is 0.541. The van der Waals surface area contributed by atoms with Crippen LogP contribution in [0.15, 0.2) is 67.0 Å². The van der Waals surface area contributed by atoms with E-state index in [1.165, 1.54) is 16.5 Å². The lowest BCUT2D eigenvalue weighted by atomic mass is 9.85. The van der Waals surface area contributed by atoms with Crippen LogP contribution >= 0.6 is 0 Å². The number of nitrogens with zero attached hydrogens (tertiary/aromatic N) is 2. The molecule has 30 heavy (non-hydrogen) atoms. The Kier molecular flexibility index (Phi) is 3.57. The Morgan fingerprint density at radius 2 is 1.93 bits per heavy atom. The summed E-state index contributed by atoms with van der Waals surface area (Å²) in [5.74, 6) is 0.882. The molecule has 2 heterocycles. The predicted molar refractivity (Wildman–Crippen MR) is 116 cm³/mol. The van der Waals surface area contributed by atoms with Crippen LogP contribution in [0.1, 0.15) is 39.9 Å². The van der Waals surface area contributed by atoms with Gasteiger partial charge in [-0.25, -0.2) is 0 Å². The van der Waals surface area contributed by atoms with E-state index in [1.54, 1.807) is 7.11 Å². The van der Waals surface area contributed by atoms with Gasteiger partial charge in [-0.2, -0.15) is 5.10 Å². The second kappa shape index (κ2) is 6.20. The monoisotopic (exact) mass is 395 g/mol. The third-order valence-corrected chi connectivity index (χ3v) is 6.60. The van der Waals surface area contributed by atoms with Crippen molar-refractivity contribution in [3.63, 3.8) is 0 Å². The van der Waals surface area contributed by atoms with E-state index in [1.807, 2.05) is 53.7 Å². The summed E-state index contributed by atoms with van der Waals surface area (Å²) in [7, 11) is 1.66. The zero-order valence-corrected chi connectivity index (χ0v) is 16.7. The van der Waals surface area contributed by atoms with E-state index in [9.17, 15) is 4.79 Å². The fraction of sp³-hybridized carbons (Fsp3) is 0.200. The van der Waals surface area contributed by atoms with Gasteiger partial charge in [-0.3, -0.25) is 9.89 Å². The fourth-order valence-electron chi connectivity index (χ4n) is 4.88. The lowest BCUT2D eigenvalue weighted by Gasteiger charge is -2.20. The van der Waals surface area contributed by atoms with Crippen molar-refractivity contribution in [1.82, 2.24) is 10.2 Å². The van der Waals surface area contributed by atoms with Crippen LogP contribution in [0.4, 0.5) is 5.69 Å². The molecule has 3 aromatic carbocycles. The molecular formula is C25H21N3O2. The fourth-order valence-corrected chi connectivity index (χ4v) is 4.88. The zero-order chi connectivity index (χ0) is 20.3. The van der Waals surface area contributed by atoms with Crippen LogP contribution < -0.4 is 9.64 Å². The number of amides is 1. The smallest absolute Gasteiger partial charge is 0.259 e. The molecule has 0 unspecified atom stereocenters. The molecule has 4 aromatic rings. The van der Waals surface area contributed by atoms with Crippen molar-refractivity contribution in [1.29, 1.82) is 0 Å². The second-order valence-electron chi connectivity index (χ2n) is 8.17. The number of methoxy groups -OCH3 is 1. The van der Waals surface area contributed by atoms with Gasteiger partial charge in [-0.1, -0.05) is 30.3 Å².